The molecule has 4 aromatic rings. The minimum atomic E-state index is -3.72. The first kappa shape index (κ1) is 24.8. The molecule has 0 aliphatic rings. The number of thiophene rings is 1. The largest absolute Gasteiger partial charge is 0.495 e. The lowest BCUT2D eigenvalue weighted by Crippen LogP contribution is -2.31. The van der Waals surface area contributed by atoms with Gasteiger partial charge >= 0.3 is 0 Å². The van der Waals surface area contributed by atoms with Crippen molar-refractivity contribution in [3.05, 3.63) is 82.7 Å². The molecule has 1 N–H and O–H groups in total. The monoisotopic (exact) mass is 508 g/mol. The molecule has 0 bridgehead atoms. The average Bonchev–Trinajstić information content (AvgIpc) is 3.26. The van der Waals surface area contributed by atoms with Gasteiger partial charge in [0, 0.05) is 11.2 Å². The number of methoxy groups -OCH3 is 1. The highest BCUT2D eigenvalue weighted by molar-refractivity contribution is 7.92. The standard InChI is InChI=1S/C27H28N2O4S2/c1-5-14-29(35(31,32)22-10-6-18(2)7-11-22)21-9-13-25-20(16-21)17-26(34-25)27(30)28-23-15-19(3)8-12-24(23)33-4/h6-13,15-17H,5,14H2,1-4H3,(H,28,30). The highest BCUT2D eigenvalue weighted by Crippen LogP contribution is 2.33. The number of aryl methyl sites for hydroxylation is 2. The van der Waals surface area contributed by atoms with Crippen LogP contribution >= 0.6 is 11.3 Å². The van der Waals surface area contributed by atoms with E-state index in [1.165, 1.54) is 15.6 Å². The van der Waals surface area contributed by atoms with Crippen molar-refractivity contribution >= 4 is 48.7 Å². The summed E-state index contributed by atoms with van der Waals surface area (Å²) in [6.45, 7) is 6.17. The fourth-order valence-electron chi connectivity index (χ4n) is 3.83. The van der Waals surface area contributed by atoms with Gasteiger partial charge in [-0.1, -0.05) is 30.7 Å². The van der Waals surface area contributed by atoms with E-state index in [-0.39, 0.29) is 10.8 Å². The first-order valence-electron chi connectivity index (χ1n) is 11.3. The second kappa shape index (κ2) is 10.1. The molecule has 0 radical (unpaired) electrons. The third kappa shape index (κ3) is 5.18. The van der Waals surface area contributed by atoms with E-state index in [9.17, 15) is 13.2 Å². The number of benzene rings is 3. The molecule has 6 nitrogen and oxygen atoms in total. The third-order valence-corrected chi connectivity index (χ3v) is 8.61. The maximum absolute atomic E-state index is 13.4. The zero-order valence-corrected chi connectivity index (χ0v) is 21.8. The van der Waals surface area contributed by atoms with Gasteiger partial charge in [-0.3, -0.25) is 9.10 Å². The van der Waals surface area contributed by atoms with Crippen LogP contribution in [0.2, 0.25) is 0 Å². The Morgan fingerprint density at radius 1 is 0.971 bits per heavy atom. The number of hydrogen-bond donors (Lipinski definition) is 1. The molecule has 182 valence electrons. The van der Waals surface area contributed by atoms with E-state index in [1.54, 1.807) is 43.5 Å². The zero-order valence-electron chi connectivity index (χ0n) is 20.2. The molecule has 35 heavy (non-hydrogen) atoms. The molecule has 0 fully saturated rings. The van der Waals surface area contributed by atoms with E-state index in [0.717, 1.165) is 21.2 Å². The van der Waals surface area contributed by atoms with Crippen molar-refractivity contribution in [2.75, 3.05) is 23.3 Å². The van der Waals surface area contributed by atoms with Crippen LogP contribution in [0.3, 0.4) is 0 Å². The molecule has 0 atom stereocenters. The molecule has 4 rings (SSSR count). The van der Waals surface area contributed by atoms with Gasteiger partial charge in [0.2, 0.25) is 0 Å². The van der Waals surface area contributed by atoms with E-state index in [1.807, 2.05) is 51.1 Å². The fraction of sp³-hybridized carbons (Fsp3) is 0.222. The Hall–Kier alpha value is -3.36. The van der Waals surface area contributed by atoms with Crippen LogP contribution in [0, 0.1) is 13.8 Å². The first-order chi connectivity index (χ1) is 16.7. The second-order valence-electron chi connectivity index (χ2n) is 8.38. The molecule has 0 aliphatic carbocycles. The molecule has 3 aromatic carbocycles. The summed E-state index contributed by atoms with van der Waals surface area (Å²) in [4.78, 5) is 13.8. The van der Waals surface area contributed by atoms with Crippen LogP contribution < -0.4 is 14.4 Å². The van der Waals surface area contributed by atoms with E-state index in [2.05, 4.69) is 5.32 Å². The summed E-state index contributed by atoms with van der Waals surface area (Å²) in [5.41, 5.74) is 3.19. The number of amides is 1. The van der Waals surface area contributed by atoms with Crippen LogP contribution in [0.15, 0.2) is 71.6 Å². The van der Waals surface area contributed by atoms with Gasteiger partial charge in [-0.05, 0) is 79.7 Å². The average molecular weight is 509 g/mol. The number of carbonyl (C=O) groups is 1. The van der Waals surface area contributed by atoms with Crippen LogP contribution in [0.25, 0.3) is 10.1 Å². The highest BCUT2D eigenvalue weighted by Gasteiger charge is 2.25. The van der Waals surface area contributed by atoms with Crippen LogP contribution in [0.1, 0.15) is 34.1 Å². The van der Waals surface area contributed by atoms with Gasteiger partial charge < -0.3 is 10.1 Å². The Morgan fingerprint density at radius 3 is 2.37 bits per heavy atom. The van der Waals surface area contributed by atoms with E-state index < -0.39 is 10.0 Å². The molecular weight excluding hydrogens is 480 g/mol. The van der Waals surface area contributed by atoms with E-state index in [4.69, 9.17) is 4.74 Å². The SMILES string of the molecule is CCCN(c1ccc2sc(C(=O)Nc3cc(C)ccc3OC)cc2c1)S(=O)(=O)c1ccc(C)cc1. The number of nitrogens with one attached hydrogen (secondary N) is 1. The van der Waals surface area contributed by atoms with Crippen LogP contribution in [0.5, 0.6) is 5.75 Å². The van der Waals surface area contributed by atoms with E-state index in [0.29, 0.717) is 35.0 Å². The lowest BCUT2D eigenvalue weighted by Gasteiger charge is -2.24. The summed E-state index contributed by atoms with van der Waals surface area (Å²) in [6, 6.07) is 19.8. The summed E-state index contributed by atoms with van der Waals surface area (Å²) in [6.07, 6.45) is 0.665. The summed E-state index contributed by atoms with van der Waals surface area (Å²) in [7, 11) is -2.16. The maximum atomic E-state index is 13.4. The Bertz CT molecular complexity index is 1480. The van der Waals surface area contributed by atoms with Crippen molar-refractivity contribution in [3.8, 4) is 5.75 Å². The van der Waals surface area contributed by atoms with Gasteiger partial charge in [0.25, 0.3) is 15.9 Å². The van der Waals surface area contributed by atoms with Gasteiger partial charge in [0.1, 0.15) is 5.75 Å². The summed E-state index contributed by atoms with van der Waals surface area (Å²) in [5, 5.41) is 3.74. The van der Waals surface area contributed by atoms with Gasteiger partial charge in [-0.15, -0.1) is 11.3 Å². The van der Waals surface area contributed by atoms with Crippen molar-refractivity contribution in [2.45, 2.75) is 32.1 Å². The Labute approximate surface area is 210 Å². The lowest BCUT2D eigenvalue weighted by molar-refractivity contribution is 0.103. The van der Waals surface area contributed by atoms with Crippen LogP contribution in [-0.4, -0.2) is 28.0 Å². The molecule has 0 aliphatic heterocycles. The normalized spacial score (nSPS) is 11.4. The molecule has 0 saturated heterocycles. The maximum Gasteiger partial charge on any atom is 0.265 e. The summed E-state index contributed by atoms with van der Waals surface area (Å²) >= 11 is 1.36. The van der Waals surface area contributed by atoms with Crippen molar-refractivity contribution in [2.24, 2.45) is 0 Å². The number of ether oxygens (including phenoxy) is 1. The van der Waals surface area contributed by atoms with Crippen molar-refractivity contribution in [3.63, 3.8) is 0 Å². The Balaban J connectivity index is 1.66. The number of sulfonamides is 1. The minimum Gasteiger partial charge on any atom is -0.495 e. The summed E-state index contributed by atoms with van der Waals surface area (Å²) in [5.74, 6) is 0.346. The minimum absolute atomic E-state index is 0.241. The third-order valence-electron chi connectivity index (χ3n) is 5.65. The number of rotatable bonds is 8. The number of anilines is 2. The number of fused-ring (bicyclic) bond motifs is 1. The molecule has 0 saturated carbocycles. The Morgan fingerprint density at radius 2 is 1.69 bits per heavy atom. The van der Waals surface area contributed by atoms with Crippen molar-refractivity contribution in [1.29, 1.82) is 0 Å². The van der Waals surface area contributed by atoms with E-state index >= 15 is 0 Å². The second-order valence-corrected chi connectivity index (χ2v) is 11.3. The Kier molecular flexibility index (Phi) is 7.14. The highest BCUT2D eigenvalue weighted by atomic mass is 32.2. The lowest BCUT2D eigenvalue weighted by atomic mass is 10.2. The molecular formula is C27H28N2O4S2. The molecule has 1 heterocycles. The summed E-state index contributed by atoms with van der Waals surface area (Å²) < 4.78 is 34.6. The number of nitrogens with zero attached hydrogens (tertiary/aromatic N) is 1. The predicted molar refractivity (Wildman–Crippen MR) is 144 cm³/mol. The van der Waals surface area contributed by atoms with Crippen molar-refractivity contribution < 1.29 is 17.9 Å². The number of carbonyl (C=O) groups excluding carboxylic acids is 1. The van der Waals surface area contributed by atoms with Gasteiger partial charge in [-0.25, -0.2) is 8.42 Å². The van der Waals surface area contributed by atoms with Gasteiger partial charge in [0.15, 0.2) is 0 Å². The zero-order chi connectivity index (χ0) is 25.2. The molecule has 0 unspecified atom stereocenters. The predicted octanol–water partition coefficient (Wildman–Crippen LogP) is 6.38. The molecule has 8 heteroatoms. The topological polar surface area (TPSA) is 75.7 Å². The molecule has 1 aromatic heterocycles. The van der Waals surface area contributed by atoms with Crippen LogP contribution in [-0.2, 0) is 10.0 Å². The van der Waals surface area contributed by atoms with Gasteiger partial charge in [-0.2, -0.15) is 0 Å². The number of hydrogen-bond acceptors (Lipinski definition) is 5. The van der Waals surface area contributed by atoms with Gasteiger partial charge in [0.05, 0.1) is 28.3 Å². The first-order valence-corrected chi connectivity index (χ1v) is 13.6. The van der Waals surface area contributed by atoms with Crippen LogP contribution in [0.4, 0.5) is 11.4 Å². The molecule has 0 spiro atoms. The quantitative estimate of drug-likeness (QED) is 0.299. The van der Waals surface area contributed by atoms with Crippen molar-refractivity contribution in [1.82, 2.24) is 0 Å². The molecule has 1 amide bonds. The smallest absolute Gasteiger partial charge is 0.265 e. The fourth-order valence-corrected chi connectivity index (χ4v) is 6.32.